The minimum absolute atomic E-state index is 0.330. The number of hydrogen-bond acceptors (Lipinski definition) is 3. The van der Waals surface area contributed by atoms with Crippen LogP contribution in [0.5, 0.6) is 0 Å². The smallest absolute Gasteiger partial charge is 0.186 e. The van der Waals surface area contributed by atoms with Gasteiger partial charge < -0.3 is 0 Å². The Kier molecular flexibility index (Phi) is 3.31. The Morgan fingerprint density at radius 3 is 2.50 bits per heavy atom. The maximum atomic E-state index is 9.82. The average molecular weight is 110 g/mol. The molecule has 0 aromatic carbocycles. The van der Waals surface area contributed by atoms with E-state index in [-0.39, 0.29) is 0 Å². The van der Waals surface area contributed by atoms with E-state index < -0.39 is 11.1 Å². The molecule has 0 aromatic rings. The summed E-state index contributed by atoms with van der Waals surface area (Å²) in [5, 5.41) is 7.53. The van der Waals surface area contributed by atoms with E-state index in [9.17, 15) is 4.21 Å². The van der Waals surface area contributed by atoms with Gasteiger partial charge in [0.05, 0.1) is 0 Å². The van der Waals surface area contributed by atoms with Crippen LogP contribution in [0.25, 0.3) is 0 Å². The molecule has 0 aliphatic carbocycles. The minimum atomic E-state index is -1.48. The first-order valence-electron chi connectivity index (χ1n) is 1.51. The summed E-state index contributed by atoms with van der Waals surface area (Å²) >= 11 is -1.48. The Morgan fingerprint density at radius 1 is 2.00 bits per heavy atom. The molecule has 1 N–H and O–H groups in total. The van der Waals surface area contributed by atoms with Gasteiger partial charge in [0.25, 0.3) is 0 Å². The van der Waals surface area contributed by atoms with Crippen molar-refractivity contribution in [3.8, 4) is 0 Å². The summed E-state index contributed by atoms with van der Waals surface area (Å²) in [5.74, 6) is 0.330. The highest BCUT2D eigenvalue weighted by molar-refractivity contribution is 7.79. The van der Waals surface area contributed by atoms with E-state index in [1.54, 1.807) is 6.92 Å². The van der Waals surface area contributed by atoms with Crippen molar-refractivity contribution in [1.82, 2.24) is 0 Å². The van der Waals surface area contributed by atoms with Gasteiger partial charge in [-0.2, -0.15) is 0 Å². The monoisotopic (exact) mass is 110 g/mol. The molecule has 0 spiro atoms. The van der Waals surface area contributed by atoms with E-state index in [0.29, 0.717) is 5.75 Å². The molecule has 0 amide bonds. The normalized spacial score (nSPS) is 14.3. The highest BCUT2D eigenvalue weighted by Gasteiger charge is 1.86. The molecule has 0 aliphatic heterocycles. The third-order valence-electron chi connectivity index (χ3n) is 0.319. The lowest BCUT2D eigenvalue weighted by molar-refractivity contribution is -0.123. The van der Waals surface area contributed by atoms with E-state index in [1.807, 2.05) is 0 Å². The van der Waals surface area contributed by atoms with Gasteiger partial charge in [-0.3, -0.25) is 0 Å². The van der Waals surface area contributed by atoms with Crippen molar-refractivity contribution in [3.63, 3.8) is 0 Å². The van der Waals surface area contributed by atoms with Crippen LogP contribution in [0.1, 0.15) is 6.92 Å². The van der Waals surface area contributed by atoms with E-state index in [2.05, 4.69) is 4.33 Å². The van der Waals surface area contributed by atoms with Crippen molar-refractivity contribution in [3.05, 3.63) is 0 Å². The van der Waals surface area contributed by atoms with Crippen LogP contribution in [0.4, 0.5) is 0 Å². The van der Waals surface area contributed by atoms with Gasteiger partial charge in [-0.05, 0) is 0 Å². The van der Waals surface area contributed by atoms with E-state index >= 15 is 0 Å². The topological polar surface area (TPSA) is 46.5 Å². The van der Waals surface area contributed by atoms with E-state index in [0.717, 1.165) is 0 Å². The summed E-state index contributed by atoms with van der Waals surface area (Å²) in [6, 6.07) is 0. The molecule has 0 saturated heterocycles. The van der Waals surface area contributed by atoms with Gasteiger partial charge in [-0.25, -0.2) is 9.47 Å². The largest absolute Gasteiger partial charge is 0.237 e. The van der Waals surface area contributed by atoms with Crippen LogP contribution in [0.3, 0.4) is 0 Å². The minimum Gasteiger partial charge on any atom is -0.237 e. The molecule has 0 radical (unpaired) electrons. The lowest BCUT2D eigenvalue weighted by atomic mass is 11.0. The van der Waals surface area contributed by atoms with Gasteiger partial charge in [-0.1, -0.05) is 6.92 Å². The molecule has 0 bridgehead atoms. The van der Waals surface area contributed by atoms with Crippen molar-refractivity contribution >= 4 is 11.1 Å². The predicted molar refractivity (Wildman–Crippen MR) is 22.4 cm³/mol. The zero-order valence-electron chi connectivity index (χ0n) is 3.38. The molecular weight excluding hydrogens is 104 g/mol. The summed E-state index contributed by atoms with van der Waals surface area (Å²) in [4.78, 5) is 0. The second kappa shape index (κ2) is 3.27. The standard InChI is InChI=1S/C2H6O3S/c1-2-6(4)5-3/h3H,2H2,1H3. The Bertz CT molecular complexity index is 46.8. The van der Waals surface area contributed by atoms with Crippen LogP contribution in [0.2, 0.25) is 0 Å². The van der Waals surface area contributed by atoms with Gasteiger partial charge in [0.2, 0.25) is 0 Å². The molecule has 0 aliphatic rings. The summed E-state index contributed by atoms with van der Waals surface area (Å²) < 4.78 is 13.2. The van der Waals surface area contributed by atoms with Crippen LogP contribution < -0.4 is 0 Å². The lowest BCUT2D eigenvalue weighted by Gasteiger charge is -1.83. The van der Waals surface area contributed by atoms with Crippen molar-refractivity contribution in [2.24, 2.45) is 0 Å². The van der Waals surface area contributed by atoms with E-state index in [1.165, 1.54) is 0 Å². The van der Waals surface area contributed by atoms with Gasteiger partial charge in [0.1, 0.15) is 0 Å². The third kappa shape index (κ3) is 2.32. The van der Waals surface area contributed by atoms with Crippen LogP contribution >= 0.6 is 0 Å². The second-order valence-corrected chi connectivity index (χ2v) is 2.00. The molecule has 4 heteroatoms. The highest BCUT2D eigenvalue weighted by atomic mass is 32.2. The van der Waals surface area contributed by atoms with Gasteiger partial charge in [-0.15, -0.1) is 4.33 Å². The molecule has 0 saturated carbocycles. The van der Waals surface area contributed by atoms with Crippen LogP contribution in [0.15, 0.2) is 0 Å². The zero-order chi connectivity index (χ0) is 4.99. The van der Waals surface area contributed by atoms with Gasteiger partial charge in [0.15, 0.2) is 11.1 Å². The van der Waals surface area contributed by atoms with Gasteiger partial charge >= 0.3 is 0 Å². The van der Waals surface area contributed by atoms with Gasteiger partial charge in [0, 0.05) is 5.75 Å². The Hall–Kier alpha value is 0.0700. The maximum absolute atomic E-state index is 9.82. The Balaban J connectivity index is 2.99. The number of rotatable bonds is 2. The van der Waals surface area contributed by atoms with E-state index in [4.69, 9.17) is 5.26 Å². The highest BCUT2D eigenvalue weighted by Crippen LogP contribution is 1.75. The molecule has 0 rings (SSSR count). The SMILES string of the molecule is CCS(=O)OO. The first-order chi connectivity index (χ1) is 2.81. The molecule has 1 unspecified atom stereocenters. The molecule has 0 aromatic heterocycles. The Morgan fingerprint density at radius 2 is 2.50 bits per heavy atom. The summed E-state index contributed by atoms with van der Waals surface area (Å²) in [5.41, 5.74) is 0. The number of hydrogen-bond donors (Lipinski definition) is 1. The fourth-order valence-electron chi connectivity index (χ4n) is 0.0527. The zero-order valence-corrected chi connectivity index (χ0v) is 4.20. The first-order valence-corrected chi connectivity index (χ1v) is 2.76. The van der Waals surface area contributed by atoms with Crippen LogP contribution in [0, 0.1) is 0 Å². The van der Waals surface area contributed by atoms with Crippen molar-refractivity contribution in [1.29, 1.82) is 0 Å². The molecule has 0 fully saturated rings. The maximum Gasteiger partial charge on any atom is 0.186 e. The fraction of sp³-hybridized carbons (Fsp3) is 1.00. The third-order valence-corrected chi connectivity index (χ3v) is 0.957. The van der Waals surface area contributed by atoms with Crippen LogP contribution in [-0.2, 0) is 15.4 Å². The average Bonchev–Trinajstić information content (AvgIpc) is 1.65. The molecule has 0 heterocycles. The predicted octanol–water partition coefficient (Wildman–Crippen LogP) is 0.160. The van der Waals surface area contributed by atoms with Crippen molar-refractivity contribution in [2.45, 2.75) is 6.92 Å². The molecular formula is C2H6O3S. The summed E-state index contributed by atoms with van der Waals surface area (Å²) in [6.07, 6.45) is 0. The molecule has 6 heavy (non-hydrogen) atoms. The van der Waals surface area contributed by atoms with Crippen molar-refractivity contribution in [2.75, 3.05) is 5.75 Å². The second-order valence-electron chi connectivity index (χ2n) is 0.667. The lowest BCUT2D eigenvalue weighted by Crippen LogP contribution is -1.92. The first kappa shape index (κ1) is 6.07. The molecule has 38 valence electrons. The summed E-state index contributed by atoms with van der Waals surface area (Å²) in [7, 11) is 0. The molecule has 1 atom stereocenters. The summed E-state index contributed by atoms with van der Waals surface area (Å²) in [6.45, 7) is 1.65. The Labute approximate surface area is 38.5 Å². The van der Waals surface area contributed by atoms with Crippen LogP contribution in [-0.4, -0.2) is 15.2 Å². The quantitative estimate of drug-likeness (QED) is 0.407. The van der Waals surface area contributed by atoms with Crippen molar-refractivity contribution < 1.29 is 13.8 Å². The fourth-order valence-corrected chi connectivity index (χ4v) is 0.158. The molecule has 3 nitrogen and oxygen atoms in total.